The second-order valence-corrected chi connectivity index (χ2v) is 4.40. The van der Waals surface area contributed by atoms with Crippen LogP contribution in [0.3, 0.4) is 0 Å². The SMILES string of the molecule is COc1ccccc1NC(=O)C(C(F)(F)F)(C(F)(F)F)C(F)(F)F. The zero-order valence-electron chi connectivity index (χ0n) is 11.5. The van der Waals surface area contributed by atoms with Gasteiger partial charge in [-0.3, -0.25) is 4.79 Å². The Labute approximate surface area is 128 Å². The van der Waals surface area contributed by atoms with Crippen molar-refractivity contribution in [3.05, 3.63) is 24.3 Å². The molecule has 0 atom stereocenters. The van der Waals surface area contributed by atoms with Gasteiger partial charge in [-0.25, -0.2) is 0 Å². The van der Waals surface area contributed by atoms with Gasteiger partial charge in [-0.15, -0.1) is 0 Å². The summed E-state index contributed by atoms with van der Waals surface area (Å²) in [5.74, 6) is -3.76. The molecule has 1 amide bonds. The Balaban J connectivity index is 3.54. The predicted molar refractivity (Wildman–Crippen MR) is 62.2 cm³/mol. The molecule has 0 aliphatic heterocycles. The maximum atomic E-state index is 12.8. The maximum Gasteiger partial charge on any atom is 0.421 e. The summed E-state index contributed by atoms with van der Waals surface area (Å²) in [6.45, 7) is 0. The van der Waals surface area contributed by atoms with Gasteiger partial charge in [0.1, 0.15) is 5.75 Å². The van der Waals surface area contributed by atoms with Crippen molar-refractivity contribution in [2.24, 2.45) is 5.41 Å². The van der Waals surface area contributed by atoms with E-state index in [2.05, 4.69) is 4.74 Å². The summed E-state index contributed by atoms with van der Waals surface area (Å²) in [6.07, 6.45) is -20.9. The molecule has 0 saturated carbocycles. The quantitative estimate of drug-likeness (QED) is 0.807. The van der Waals surface area contributed by atoms with Gasteiger partial charge in [0.05, 0.1) is 12.8 Å². The second-order valence-electron chi connectivity index (χ2n) is 4.40. The van der Waals surface area contributed by atoms with Gasteiger partial charge in [0.15, 0.2) is 0 Å². The van der Waals surface area contributed by atoms with Crippen LogP contribution in [0, 0.1) is 5.41 Å². The Hall–Kier alpha value is -2.14. The van der Waals surface area contributed by atoms with E-state index in [0.29, 0.717) is 0 Å². The molecule has 1 rings (SSSR count). The standard InChI is InChI=1S/C12H8F9NO2/c1-24-7-5-3-2-4-6(7)22-8(23)9(10(13,14)15,11(16,17)18)12(19,20)21/h2-5H,1H3,(H,22,23). The first-order chi connectivity index (χ1) is 10.7. The van der Waals surface area contributed by atoms with Crippen LogP contribution in [0.15, 0.2) is 24.3 Å². The Morgan fingerprint density at radius 1 is 0.875 bits per heavy atom. The molecule has 0 fully saturated rings. The number of benzene rings is 1. The van der Waals surface area contributed by atoms with Crippen LogP contribution in [0.1, 0.15) is 0 Å². The van der Waals surface area contributed by atoms with Crippen LogP contribution in [0.25, 0.3) is 0 Å². The monoisotopic (exact) mass is 369 g/mol. The average molecular weight is 369 g/mol. The Morgan fingerprint density at radius 2 is 1.29 bits per heavy atom. The topological polar surface area (TPSA) is 38.3 Å². The average Bonchev–Trinajstić information content (AvgIpc) is 2.34. The van der Waals surface area contributed by atoms with E-state index in [1.54, 1.807) is 0 Å². The molecule has 0 unspecified atom stereocenters. The number of hydrogen-bond donors (Lipinski definition) is 1. The zero-order valence-corrected chi connectivity index (χ0v) is 11.5. The van der Waals surface area contributed by atoms with Crippen molar-refractivity contribution in [2.75, 3.05) is 12.4 Å². The summed E-state index contributed by atoms with van der Waals surface area (Å²) in [7, 11) is 0.954. The van der Waals surface area contributed by atoms with Crippen molar-refractivity contribution in [1.82, 2.24) is 0 Å². The largest absolute Gasteiger partial charge is 0.495 e. The molecular formula is C12H8F9NO2. The molecule has 0 radical (unpaired) electrons. The van der Waals surface area contributed by atoms with Gasteiger partial charge < -0.3 is 10.1 Å². The number of anilines is 1. The van der Waals surface area contributed by atoms with Crippen LogP contribution in [0.5, 0.6) is 5.75 Å². The van der Waals surface area contributed by atoms with E-state index in [-0.39, 0.29) is 0 Å². The molecule has 0 bridgehead atoms. The van der Waals surface area contributed by atoms with Crippen molar-refractivity contribution < 1.29 is 49.0 Å². The summed E-state index contributed by atoms with van der Waals surface area (Å²) in [6, 6.07) is 4.10. The molecule has 1 aromatic rings. The fourth-order valence-electron chi connectivity index (χ4n) is 1.83. The van der Waals surface area contributed by atoms with Crippen LogP contribution in [-0.4, -0.2) is 31.5 Å². The van der Waals surface area contributed by atoms with Gasteiger partial charge in [0, 0.05) is 0 Å². The lowest BCUT2D eigenvalue weighted by Crippen LogP contribution is -2.65. The third-order valence-corrected chi connectivity index (χ3v) is 2.97. The van der Waals surface area contributed by atoms with Gasteiger partial charge in [0.2, 0.25) is 0 Å². The van der Waals surface area contributed by atoms with E-state index in [1.165, 1.54) is 6.07 Å². The van der Waals surface area contributed by atoms with Gasteiger partial charge in [-0.1, -0.05) is 12.1 Å². The number of methoxy groups -OCH3 is 1. The zero-order chi connectivity index (χ0) is 19.0. The fraction of sp³-hybridized carbons (Fsp3) is 0.417. The normalized spacial score (nSPS) is 13.6. The van der Waals surface area contributed by atoms with Gasteiger partial charge in [-0.2, -0.15) is 39.5 Å². The van der Waals surface area contributed by atoms with Gasteiger partial charge in [-0.05, 0) is 12.1 Å². The molecule has 24 heavy (non-hydrogen) atoms. The van der Waals surface area contributed by atoms with Crippen LogP contribution < -0.4 is 10.1 Å². The Kier molecular flexibility index (Phi) is 5.02. The summed E-state index contributed by atoms with van der Waals surface area (Å²) >= 11 is 0. The predicted octanol–water partition coefficient (Wildman–Crippen LogP) is 4.31. The molecule has 136 valence electrons. The molecule has 0 heterocycles. The highest BCUT2D eigenvalue weighted by Gasteiger charge is 2.88. The van der Waals surface area contributed by atoms with Crippen molar-refractivity contribution in [3.8, 4) is 5.75 Å². The molecule has 0 spiro atoms. The third-order valence-electron chi connectivity index (χ3n) is 2.97. The van der Waals surface area contributed by atoms with Gasteiger partial charge >= 0.3 is 23.9 Å². The number of alkyl halides is 9. The molecule has 0 aromatic heterocycles. The molecule has 1 N–H and O–H groups in total. The van der Waals surface area contributed by atoms with Crippen LogP contribution >= 0.6 is 0 Å². The Morgan fingerprint density at radius 3 is 1.67 bits per heavy atom. The third kappa shape index (κ3) is 3.08. The number of halogens is 9. The summed E-state index contributed by atoms with van der Waals surface area (Å²) in [4.78, 5) is 11.5. The minimum atomic E-state index is -6.98. The summed E-state index contributed by atoms with van der Waals surface area (Å²) in [5, 5.41) is 0.998. The number of carbonyl (C=O) groups excluding carboxylic acids is 1. The molecular weight excluding hydrogens is 361 g/mol. The van der Waals surface area contributed by atoms with Crippen molar-refractivity contribution in [3.63, 3.8) is 0 Å². The minimum absolute atomic E-state index is 0.425. The lowest BCUT2D eigenvalue weighted by atomic mass is 9.84. The van der Waals surface area contributed by atoms with Gasteiger partial charge in [0.25, 0.3) is 5.91 Å². The van der Waals surface area contributed by atoms with Crippen molar-refractivity contribution in [1.29, 1.82) is 0 Å². The molecule has 0 saturated heterocycles. The Bertz CT molecular complexity index is 568. The van der Waals surface area contributed by atoms with E-state index < -0.39 is 41.3 Å². The smallest absolute Gasteiger partial charge is 0.421 e. The number of carbonyl (C=O) groups is 1. The fourth-order valence-corrected chi connectivity index (χ4v) is 1.83. The van der Waals surface area contributed by atoms with E-state index in [4.69, 9.17) is 0 Å². The highest BCUT2D eigenvalue weighted by molar-refractivity contribution is 5.98. The molecule has 1 aromatic carbocycles. The minimum Gasteiger partial charge on any atom is -0.495 e. The highest BCUT2D eigenvalue weighted by atomic mass is 19.4. The first kappa shape index (κ1) is 19.9. The number of para-hydroxylation sites is 2. The first-order valence-corrected chi connectivity index (χ1v) is 5.84. The molecule has 0 aliphatic carbocycles. The van der Waals surface area contributed by atoms with E-state index in [9.17, 15) is 44.3 Å². The number of rotatable bonds is 3. The number of nitrogens with one attached hydrogen (secondary N) is 1. The number of amides is 1. The molecule has 12 heteroatoms. The van der Waals surface area contributed by atoms with Crippen molar-refractivity contribution >= 4 is 11.6 Å². The van der Waals surface area contributed by atoms with E-state index >= 15 is 0 Å². The summed E-state index contributed by atoms with van der Waals surface area (Å²) < 4.78 is 119. The van der Waals surface area contributed by atoms with Crippen LogP contribution in [0.4, 0.5) is 45.2 Å². The number of hydrogen-bond acceptors (Lipinski definition) is 2. The van der Waals surface area contributed by atoms with E-state index in [1.807, 2.05) is 0 Å². The number of ether oxygens (including phenoxy) is 1. The van der Waals surface area contributed by atoms with Crippen LogP contribution in [-0.2, 0) is 4.79 Å². The molecule has 3 nitrogen and oxygen atoms in total. The van der Waals surface area contributed by atoms with E-state index in [0.717, 1.165) is 30.6 Å². The van der Waals surface area contributed by atoms with Crippen molar-refractivity contribution in [2.45, 2.75) is 18.5 Å². The highest BCUT2D eigenvalue weighted by Crippen LogP contribution is 2.59. The second kappa shape index (κ2) is 6.06. The first-order valence-electron chi connectivity index (χ1n) is 5.84. The summed E-state index contributed by atoms with van der Waals surface area (Å²) in [5.41, 5.74) is -7.37. The molecule has 0 aliphatic rings. The maximum absolute atomic E-state index is 12.8. The lowest BCUT2D eigenvalue weighted by Gasteiger charge is -2.36. The lowest BCUT2D eigenvalue weighted by molar-refractivity contribution is -0.405. The van der Waals surface area contributed by atoms with Crippen LogP contribution in [0.2, 0.25) is 0 Å².